The lowest BCUT2D eigenvalue weighted by molar-refractivity contribution is -0.150. The molecule has 162 valence electrons. The van der Waals surface area contributed by atoms with Crippen molar-refractivity contribution < 1.29 is 14.3 Å². The van der Waals surface area contributed by atoms with Crippen LogP contribution in [0.25, 0.3) is 11.0 Å². The number of nitrogens with zero attached hydrogens (tertiary/aromatic N) is 4. The maximum Gasteiger partial charge on any atom is 0.330 e. The summed E-state index contributed by atoms with van der Waals surface area (Å²) in [6.07, 6.45) is -0.461. The number of hydrogen-bond acceptors (Lipinski definition) is 7. The number of anilines is 1. The average Bonchev–Trinajstić information content (AvgIpc) is 2.67. The van der Waals surface area contributed by atoms with Crippen molar-refractivity contribution in [2.75, 3.05) is 31.7 Å². The van der Waals surface area contributed by atoms with Gasteiger partial charge in [0.15, 0.2) is 11.7 Å². The number of rotatable bonds is 10. The van der Waals surface area contributed by atoms with Gasteiger partial charge in [-0.15, -0.1) is 0 Å². The van der Waals surface area contributed by atoms with E-state index in [0.717, 1.165) is 18.6 Å². The number of nitriles is 1. The Morgan fingerprint density at radius 3 is 2.13 bits per heavy atom. The number of aromatic nitrogens is 2. The van der Waals surface area contributed by atoms with Crippen molar-refractivity contribution in [3.05, 3.63) is 30.0 Å². The van der Waals surface area contributed by atoms with Crippen LogP contribution in [0.15, 0.2) is 24.3 Å². The molecule has 0 saturated heterocycles. The third-order valence-corrected chi connectivity index (χ3v) is 4.41. The van der Waals surface area contributed by atoms with E-state index in [1.54, 1.807) is 6.92 Å². The number of hydrogen-bond donors (Lipinski definition) is 0. The van der Waals surface area contributed by atoms with Crippen LogP contribution in [-0.2, 0) is 14.3 Å². The van der Waals surface area contributed by atoms with E-state index in [0.29, 0.717) is 28.9 Å². The fourth-order valence-electron chi connectivity index (χ4n) is 3.32. The first-order chi connectivity index (χ1) is 14.3. The van der Waals surface area contributed by atoms with Crippen LogP contribution >= 0.6 is 0 Å². The van der Waals surface area contributed by atoms with Crippen LogP contribution in [0, 0.1) is 23.2 Å². The molecule has 0 aliphatic carbocycles. The second-order valence-electron chi connectivity index (χ2n) is 8.38. The summed E-state index contributed by atoms with van der Waals surface area (Å²) in [7, 11) is 1.54. The minimum absolute atomic E-state index is 0.257. The summed E-state index contributed by atoms with van der Waals surface area (Å²) in [5.41, 5.74) is 1.71. The van der Waals surface area contributed by atoms with Gasteiger partial charge in [-0.05, 0) is 30.9 Å². The van der Waals surface area contributed by atoms with Crippen LogP contribution in [0.2, 0.25) is 0 Å². The van der Waals surface area contributed by atoms with Gasteiger partial charge in [0.1, 0.15) is 11.8 Å². The predicted octanol–water partition coefficient (Wildman–Crippen LogP) is 3.93. The zero-order chi connectivity index (χ0) is 22.3. The fourth-order valence-corrected chi connectivity index (χ4v) is 3.32. The summed E-state index contributed by atoms with van der Waals surface area (Å²) in [5.74, 6) is -0.489. The number of carbonyl (C=O) groups excluding carboxylic acids is 1. The zero-order valence-electron chi connectivity index (χ0n) is 18.8. The van der Waals surface area contributed by atoms with Crippen LogP contribution in [-0.4, -0.2) is 48.8 Å². The largest absolute Gasteiger partial charge is 0.459 e. The van der Waals surface area contributed by atoms with E-state index < -0.39 is 18.0 Å². The average molecular weight is 413 g/mol. The second kappa shape index (κ2) is 10.9. The highest BCUT2D eigenvalue weighted by Gasteiger charge is 2.31. The lowest BCUT2D eigenvalue weighted by Gasteiger charge is -2.29. The highest BCUT2D eigenvalue weighted by molar-refractivity contribution is 5.85. The maximum atomic E-state index is 12.8. The number of benzene rings is 1. The Bertz CT molecular complexity index is 882. The molecule has 2 aromatic rings. The standard InChI is InChI=1S/C23H32N4O3/c1-15(2)12-27(13-16(3)4)22-21(25-19-9-7-8-10-20(19)26-22)18(11-24)23(28)30-17(5)14-29-6/h7-10,15-18H,12-14H2,1-6H3. The van der Waals surface area contributed by atoms with Gasteiger partial charge in [0.05, 0.1) is 23.7 Å². The van der Waals surface area contributed by atoms with Gasteiger partial charge in [-0.1, -0.05) is 39.8 Å². The van der Waals surface area contributed by atoms with Gasteiger partial charge in [0.2, 0.25) is 0 Å². The molecule has 0 spiro atoms. The van der Waals surface area contributed by atoms with Gasteiger partial charge in [0.25, 0.3) is 0 Å². The highest BCUT2D eigenvalue weighted by Crippen LogP contribution is 2.29. The Hall–Kier alpha value is -2.72. The lowest BCUT2D eigenvalue weighted by Crippen LogP contribution is -2.34. The van der Waals surface area contributed by atoms with Gasteiger partial charge < -0.3 is 14.4 Å². The molecule has 1 aromatic heterocycles. The molecular weight excluding hydrogens is 380 g/mol. The van der Waals surface area contributed by atoms with E-state index in [1.165, 1.54) is 7.11 Å². The number of esters is 1. The molecule has 2 unspecified atom stereocenters. The summed E-state index contributed by atoms with van der Waals surface area (Å²) in [6, 6.07) is 9.57. The molecule has 2 atom stereocenters. The van der Waals surface area contributed by atoms with Gasteiger partial charge >= 0.3 is 5.97 Å². The molecule has 0 aliphatic rings. The zero-order valence-corrected chi connectivity index (χ0v) is 18.8. The monoisotopic (exact) mass is 412 g/mol. The summed E-state index contributed by atoms with van der Waals surface area (Å²) in [6.45, 7) is 12.0. The Morgan fingerprint density at radius 1 is 1.07 bits per heavy atom. The third kappa shape index (κ3) is 6.14. The number of fused-ring (bicyclic) bond motifs is 1. The predicted molar refractivity (Wildman–Crippen MR) is 117 cm³/mol. The topological polar surface area (TPSA) is 88.3 Å². The van der Waals surface area contributed by atoms with Gasteiger partial charge in [-0.2, -0.15) is 5.26 Å². The summed E-state index contributed by atoms with van der Waals surface area (Å²) < 4.78 is 10.5. The molecule has 0 saturated carbocycles. The molecule has 0 fully saturated rings. The quantitative estimate of drug-likeness (QED) is 0.546. The number of ether oxygens (including phenoxy) is 2. The first-order valence-electron chi connectivity index (χ1n) is 10.4. The number of methoxy groups -OCH3 is 1. The summed E-state index contributed by atoms with van der Waals surface area (Å²) in [4.78, 5) is 24.5. The van der Waals surface area contributed by atoms with Gasteiger partial charge in [-0.3, -0.25) is 4.79 Å². The molecule has 0 N–H and O–H groups in total. The molecule has 1 aromatic carbocycles. The van der Waals surface area contributed by atoms with Crippen LogP contribution in [0.4, 0.5) is 5.82 Å². The van der Waals surface area contributed by atoms with Crippen LogP contribution < -0.4 is 4.90 Å². The van der Waals surface area contributed by atoms with E-state index in [4.69, 9.17) is 19.4 Å². The van der Waals surface area contributed by atoms with Crippen molar-refractivity contribution in [3.8, 4) is 6.07 Å². The molecule has 2 rings (SSSR count). The number of para-hydroxylation sites is 2. The van der Waals surface area contributed by atoms with E-state index in [9.17, 15) is 10.1 Å². The lowest BCUT2D eigenvalue weighted by atomic mass is 10.0. The normalized spacial score (nSPS) is 13.3. The molecular formula is C23H32N4O3. The molecule has 0 bridgehead atoms. The molecule has 0 amide bonds. The SMILES string of the molecule is COCC(C)OC(=O)C(C#N)c1nc2ccccc2nc1N(CC(C)C)CC(C)C. The second-order valence-corrected chi connectivity index (χ2v) is 8.38. The summed E-state index contributed by atoms with van der Waals surface area (Å²) in [5, 5.41) is 9.87. The van der Waals surface area contributed by atoms with Gasteiger partial charge in [0, 0.05) is 20.2 Å². The Labute approximate surface area is 179 Å². The molecule has 0 radical (unpaired) electrons. The molecule has 7 nitrogen and oxygen atoms in total. The van der Waals surface area contributed by atoms with Crippen LogP contribution in [0.1, 0.15) is 46.2 Å². The Kier molecular flexibility index (Phi) is 8.55. The first-order valence-corrected chi connectivity index (χ1v) is 10.4. The fraction of sp³-hybridized carbons (Fsp3) is 0.565. The van der Waals surface area contributed by atoms with Crippen LogP contribution in [0.3, 0.4) is 0 Å². The van der Waals surface area contributed by atoms with Crippen molar-refractivity contribution in [1.29, 1.82) is 5.26 Å². The third-order valence-electron chi connectivity index (χ3n) is 4.41. The van der Waals surface area contributed by atoms with Gasteiger partial charge in [-0.25, -0.2) is 9.97 Å². The minimum Gasteiger partial charge on any atom is -0.459 e. The summed E-state index contributed by atoms with van der Waals surface area (Å²) >= 11 is 0. The molecule has 7 heteroatoms. The Morgan fingerprint density at radius 2 is 1.63 bits per heavy atom. The van der Waals surface area contributed by atoms with Crippen molar-refractivity contribution in [2.45, 2.75) is 46.6 Å². The van der Waals surface area contributed by atoms with Crippen molar-refractivity contribution in [3.63, 3.8) is 0 Å². The minimum atomic E-state index is -1.17. The van der Waals surface area contributed by atoms with E-state index in [1.807, 2.05) is 24.3 Å². The maximum absolute atomic E-state index is 12.8. The van der Waals surface area contributed by atoms with E-state index in [-0.39, 0.29) is 6.61 Å². The number of carbonyl (C=O) groups is 1. The molecule has 1 heterocycles. The van der Waals surface area contributed by atoms with Crippen molar-refractivity contribution in [1.82, 2.24) is 9.97 Å². The smallest absolute Gasteiger partial charge is 0.330 e. The Balaban J connectivity index is 2.58. The first kappa shape index (κ1) is 23.6. The molecule has 0 aliphatic heterocycles. The van der Waals surface area contributed by atoms with E-state index in [2.05, 4.69) is 38.7 Å². The van der Waals surface area contributed by atoms with Crippen molar-refractivity contribution >= 4 is 22.8 Å². The van der Waals surface area contributed by atoms with Crippen LogP contribution in [0.5, 0.6) is 0 Å². The van der Waals surface area contributed by atoms with E-state index >= 15 is 0 Å². The molecule has 30 heavy (non-hydrogen) atoms. The van der Waals surface area contributed by atoms with Crippen molar-refractivity contribution in [2.24, 2.45) is 11.8 Å². The highest BCUT2D eigenvalue weighted by atomic mass is 16.6.